The van der Waals surface area contributed by atoms with E-state index in [2.05, 4.69) is 35.6 Å². The molecule has 0 unspecified atom stereocenters. The van der Waals surface area contributed by atoms with Crippen LogP contribution in [0, 0.1) is 3.70 Å². The molecule has 13 heteroatoms. The van der Waals surface area contributed by atoms with Gasteiger partial charge in [-0.05, 0) is 47.6 Å². The van der Waals surface area contributed by atoms with Gasteiger partial charge in [-0.2, -0.15) is 4.99 Å². The molecule has 0 radical (unpaired) electrons. The van der Waals surface area contributed by atoms with Crippen LogP contribution in [0.3, 0.4) is 0 Å². The molecule has 2 amide bonds. The van der Waals surface area contributed by atoms with Crippen molar-refractivity contribution in [1.29, 1.82) is 0 Å². The van der Waals surface area contributed by atoms with Crippen molar-refractivity contribution in [2.75, 3.05) is 31.1 Å². The molecule has 3 aromatic rings. The third-order valence-electron chi connectivity index (χ3n) is 5.95. The number of guanidine groups is 1. The molecule has 2 fully saturated rings. The molecule has 2 aliphatic heterocycles. The summed E-state index contributed by atoms with van der Waals surface area (Å²) in [6.07, 6.45) is 4.82. The number of carbonyl (C=O) groups is 2. The summed E-state index contributed by atoms with van der Waals surface area (Å²) in [6.45, 7) is 1.75. The van der Waals surface area contributed by atoms with E-state index in [4.69, 9.17) is 11.5 Å². The number of halogens is 1. The van der Waals surface area contributed by atoms with E-state index in [0.29, 0.717) is 47.7 Å². The van der Waals surface area contributed by atoms with Crippen LogP contribution in [0.25, 0.3) is 11.0 Å². The van der Waals surface area contributed by atoms with Crippen LogP contribution in [0.15, 0.2) is 29.5 Å². The molecule has 0 aliphatic carbocycles. The summed E-state index contributed by atoms with van der Waals surface area (Å²) in [5, 5.41) is 7.37. The van der Waals surface area contributed by atoms with E-state index < -0.39 is 5.91 Å². The first-order chi connectivity index (χ1) is 15.8. The Balaban J connectivity index is 1.24. The number of aromatic nitrogens is 4. The largest absolute Gasteiger partial charge is 0.382 e. The number of hydrogen-bond donors (Lipinski definition) is 5. The Morgan fingerprint density at radius 1 is 1.18 bits per heavy atom. The highest BCUT2D eigenvalue weighted by Gasteiger charge is 2.41. The molecular formula is C20H21IN10O2. The van der Waals surface area contributed by atoms with Gasteiger partial charge < -0.3 is 32.0 Å². The van der Waals surface area contributed by atoms with Crippen molar-refractivity contribution in [3.05, 3.63) is 39.5 Å². The first kappa shape index (κ1) is 21.4. The van der Waals surface area contributed by atoms with Crippen LogP contribution >= 0.6 is 22.6 Å². The molecule has 7 N–H and O–H groups in total. The molecule has 33 heavy (non-hydrogen) atoms. The number of carbonyl (C=O) groups excluding carboxylic acids is 2. The Bertz CT molecular complexity index is 1300. The zero-order valence-corrected chi connectivity index (χ0v) is 19.6. The molecule has 0 aromatic carbocycles. The summed E-state index contributed by atoms with van der Waals surface area (Å²) >= 11 is 1.89. The van der Waals surface area contributed by atoms with Crippen LogP contribution in [-0.4, -0.2) is 67.8 Å². The lowest BCUT2D eigenvalue weighted by Crippen LogP contribution is -2.53. The molecule has 0 saturated carbocycles. The van der Waals surface area contributed by atoms with Crippen LogP contribution in [0.2, 0.25) is 0 Å². The van der Waals surface area contributed by atoms with E-state index in [1.54, 1.807) is 12.4 Å². The van der Waals surface area contributed by atoms with Crippen LogP contribution in [0.5, 0.6) is 0 Å². The zero-order chi connectivity index (χ0) is 23.2. The quantitative estimate of drug-likeness (QED) is 0.279. The fraction of sp³-hybridized carbons (Fsp3) is 0.300. The van der Waals surface area contributed by atoms with Gasteiger partial charge in [0.2, 0.25) is 0 Å². The van der Waals surface area contributed by atoms with Crippen molar-refractivity contribution in [3.63, 3.8) is 0 Å². The van der Waals surface area contributed by atoms with Gasteiger partial charge in [0, 0.05) is 37.4 Å². The van der Waals surface area contributed by atoms with Crippen molar-refractivity contribution in [3.8, 4) is 0 Å². The molecule has 2 saturated heterocycles. The number of H-pyrrole nitrogens is 1. The van der Waals surface area contributed by atoms with Crippen molar-refractivity contribution < 1.29 is 9.59 Å². The summed E-state index contributed by atoms with van der Waals surface area (Å²) in [6, 6.07) is 3.75. The minimum atomic E-state index is -0.606. The lowest BCUT2D eigenvalue weighted by Gasteiger charge is -2.38. The molecule has 5 heterocycles. The highest BCUT2D eigenvalue weighted by molar-refractivity contribution is 14.1. The number of amides is 2. The van der Waals surface area contributed by atoms with E-state index in [9.17, 15) is 9.59 Å². The Labute approximate surface area is 201 Å². The molecule has 3 aromatic heterocycles. The van der Waals surface area contributed by atoms with Crippen LogP contribution in [0.4, 0.5) is 11.6 Å². The molecule has 0 bridgehead atoms. The second-order valence-corrected chi connectivity index (χ2v) is 9.11. The fourth-order valence-electron chi connectivity index (χ4n) is 4.09. The second kappa shape index (κ2) is 8.13. The van der Waals surface area contributed by atoms with E-state index in [1.165, 1.54) is 0 Å². The number of rotatable bonds is 2. The Morgan fingerprint density at radius 3 is 2.76 bits per heavy atom. The van der Waals surface area contributed by atoms with Gasteiger partial charge in [-0.25, -0.2) is 15.0 Å². The maximum absolute atomic E-state index is 13.0. The van der Waals surface area contributed by atoms with Crippen LogP contribution < -0.4 is 22.1 Å². The molecule has 2 aliphatic rings. The third-order valence-corrected chi connectivity index (χ3v) is 6.75. The standard InChI is InChI=1S/C20H21IN10O2/c21-13-15(23)28-14(22)12(27-13)17(32)29-19-26-9-20(30-19)2-5-31(6-3-20)18(33)11-7-10-1-4-24-16(10)25-8-11/h1,4,7-8H,2-3,5-6,9H2,(H,24,25)(H4,22,23,28)(H2,26,29,30,32). The highest BCUT2D eigenvalue weighted by Crippen LogP contribution is 2.26. The number of fused-ring (bicyclic) bond motifs is 1. The number of nitrogens with one attached hydrogen (secondary N) is 3. The highest BCUT2D eigenvalue weighted by atomic mass is 127. The topological polar surface area (TPSA) is 180 Å². The van der Waals surface area contributed by atoms with Gasteiger partial charge in [-0.15, -0.1) is 0 Å². The number of nitrogen functional groups attached to an aromatic ring is 2. The molecule has 12 nitrogen and oxygen atoms in total. The molecule has 5 rings (SSSR count). The van der Waals surface area contributed by atoms with Gasteiger partial charge in [0.1, 0.15) is 9.35 Å². The normalized spacial score (nSPS) is 18.5. The summed E-state index contributed by atoms with van der Waals surface area (Å²) in [5.41, 5.74) is 12.5. The summed E-state index contributed by atoms with van der Waals surface area (Å²) in [4.78, 5) is 46.8. The molecule has 0 atom stereocenters. The average Bonchev–Trinajstić information content (AvgIpc) is 3.43. The third kappa shape index (κ3) is 4.03. The Morgan fingerprint density at radius 2 is 1.97 bits per heavy atom. The summed E-state index contributed by atoms with van der Waals surface area (Å²) in [7, 11) is 0. The first-order valence-corrected chi connectivity index (χ1v) is 11.4. The minimum absolute atomic E-state index is 0.0394. The Kier molecular flexibility index (Phi) is 5.26. The molecule has 1 spiro atoms. The van der Waals surface area contributed by atoms with Crippen molar-refractivity contribution >= 4 is 63.0 Å². The number of anilines is 2. The van der Waals surface area contributed by atoms with Crippen LogP contribution in [0.1, 0.15) is 33.7 Å². The maximum Gasteiger partial charge on any atom is 0.302 e. The number of hydrogen-bond acceptors (Lipinski definition) is 7. The fourth-order valence-corrected chi connectivity index (χ4v) is 4.45. The predicted molar refractivity (Wildman–Crippen MR) is 130 cm³/mol. The summed E-state index contributed by atoms with van der Waals surface area (Å²) < 4.78 is 0.386. The van der Waals surface area contributed by atoms with Gasteiger partial charge in [0.05, 0.1) is 11.1 Å². The lowest BCUT2D eigenvalue weighted by atomic mass is 9.88. The van der Waals surface area contributed by atoms with E-state index in [1.807, 2.05) is 39.6 Å². The number of pyridine rings is 1. The monoisotopic (exact) mass is 560 g/mol. The lowest BCUT2D eigenvalue weighted by molar-refractivity contribution is 0.0669. The predicted octanol–water partition coefficient (Wildman–Crippen LogP) is 0.486. The van der Waals surface area contributed by atoms with Gasteiger partial charge in [0.15, 0.2) is 23.3 Å². The van der Waals surface area contributed by atoms with Gasteiger partial charge in [0.25, 0.3) is 5.91 Å². The minimum Gasteiger partial charge on any atom is -0.382 e. The molecular weight excluding hydrogens is 539 g/mol. The SMILES string of the molecule is Nc1nc(N)c(C(=O)/N=C2\NCC3(CCN(C(=O)c4cnc5[nH]ccc5c4)CC3)N2)nc1I. The average molecular weight is 560 g/mol. The number of piperidine rings is 1. The number of likely N-dealkylation sites (tertiary alicyclic amines) is 1. The number of nitrogens with zero attached hydrogens (tertiary/aromatic N) is 5. The number of nitrogens with two attached hydrogens (primary N) is 2. The van der Waals surface area contributed by atoms with Crippen LogP contribution in [-0.2, 0) is 0 Å². The van der Waals surface area contributed by atoms with E-state index >= 15 is 0 Å². The number of aliphatic imine (C=N–C) groups is 1. The first-order valence-electron chi connectivity index (χ1n) is 10.3. The van der Waals surface area contributed by atoms with Crippen molar-refractivity contribution in [2.24, 2.45) is 4.99 Å². The second-order valence-electron chi connectivity index (χ2n) is 8.09. The molecule has 170 valence electrons. The summed E-state index contributed by atoms with van der Waals surface area (Å²) in [5.74, 6) is -0.185. The smallest absolute Gasteiger partial charge is 0.302 e. The van der Waals surface area contributed by atoms with E-state index in [0.717, 1.165) is 11.0 Å². The Hall–Kier alpha value is -3.49. The number of aromatic amines is 1. The van der Waals surface area contributed by atoms with Crippen molar-refractivity contribution in [2.45, 2.75) is 18.4 Å². The van der Waals surface area contributed by atoms with Gasteiger partial charge in [-0.1, -0.05) is 0 Å². The van der Waals surface area contributed by atoms with E-state index in [-0.39, 0.29) is 28.8 Å². The van der Waals surface area contributed by atoms with Crippen molar-refractivity contribution in [1.82, 2.24) is 35.5 Å². The van der Waals surface area contributed by atoms with Gasteiger partial charge >= 0.3 is 5.91 Å². The van der Waals surface area contributed by atoms with Gasteiger partial charge in [-0.3, -0.25) is 9.59 Å². The maximum atomic E-state index is 13.0. The zero-order valence-electron chi connectivity index (χ0n) is 17.4.